The van der Waals surface area contributed by atoms with E-state index in [1.54, 1.807) is 0 Å². The van der Waals surface area contributed by atoms with Crippen molar-refractivity contribution in [1.82, 2.24) is 19.5 Å². The second-order valence-electron chi connectivity index (χ2n) is 10.1. The first kappa shape index (κ1) is 32.2. The van der Waals surface area contributed by atoms with Crippen molar-refractivity contribution in [2.24, 2.45) is 0 Å². The van der Waals surface area contributed by atoms with Crippen LogP contribution in [0.15, 0.2) is 23.3 Å². The predicted molar refractivity (Wildman–Crippen MR) is 143 cm³/mol. The molecular formula is C27H37F2N5O7. The highest BCUT2D eigenvalue weighted by Crippen LogP contribution is 2.42. The Labute approximate surface area is 235 Å². The van der Waals surface area contributed by atoms with Crippen LogP contribution < -0.4 is 11.0 Å². The van der Waals surface area contributed by atoms with Crippen LogP contribution in [-0.4, -0.2) is 71.5 Å². The molecule has 1 aliphatic rings. The van der Waals surface area contributed by atoms with Crippen molar-refractivity contribution in [3.05, 3.63) is 46.0 Å². The highest BCUT2D eigenvalue weighted by Gasteiger charge is 2.59. The molecule has 2 aromatic heterocycles. The SMILES string of the molecule is CCCCCCCCCCCCc1cnc(C(=O)O)c(C(=O)Nc2ccn([C@@H]3O[C@H](CO)[C@@H](O)C3(F)F)c(=O)n2)n1. The molecular weight excluding hydrogens is 544 g/mol. The Balaban J connectivity index is 1.61. The number of rotatable bonds is 16. The van der Waals surface area contributed by atoms with Crippen molar-refractivity contribution in [1.29, 1.82) is 0 Å². The fraction of sp³-hybridized carbons (Fsp3) is 0.630. The van der Waals surface area contributed by atoms with Crippen LogP contribution >= 0.6 is 0 Å². The van der Waals surface area contributed by atoms with E-state index in [1.807, 2.05) is 0 Å². The van der Waals surface area contributed by atoms with Gasteiger partial charge in [-0.3, -0.25) is 9.36 Å². The van der Waals surface area contributed by atoms with Gasteiger partial charge in [0.2, 0.25) is 6.23 Å². The molecule has 3 heterocycles. The van der Waals surface area contributed by atoms with Crippen molar-refractivity contribution in [3.63, 3.8) is 0 Å². The van der Waals surface area contributed by atoms with E-state index < -0.39 is 59.9 Å². The van der Waals surface area contributed by atoms with Crippen LogP contribution in [0.25, 0.3) is 0 Å². The van der Waals surface area contributed by atoms with E-state index in [2.05, 4.69) is 27.2 Å². The van der Waals surface area contributed by atoms with Crippen LogP contribution in [0.3, 0.4) is 0 Å². The molecule has 0 radical (unpaired) electrons. The number of hydrogen-bond acceptors (Lipinski definition) is 9. The quantitative estimate of drug-likeness (QED) is 0.215. The van der Waals surface area contributed by atoms with Gasteiger partial charge in [0.25, 0.3) is 5.91 Å². The molecule has 226 valence electrons. The molecule has 14 heteroatoms. The minimum Gasteiger partial charge on any atom is -0.476 e. The van der Waals surface area contributed by atoms with Gasteiger partial charge in [0, 0.05) is 12.4 Å². The Morgan fingerprint density at radius 1 is 1.05 bits per heavy atom. The van der Waals surface area contributed by atoms with E-state index >= 15 is 0 Å². The van der Waals surface area contributed by atoms with Gasteiger partial charge in [0.1, 0.15) is 11.9 Å². The lowest BCUT2D eigenvalue weighted by Gasteiger charge is -2.21. The van der Waals surface area contributed by atoms with Crippen LogP contribution in [0.4, 0.5) is 14.6 Å². The van der Waals surface area contributed by atoms with Crippen LogP contribution in [0.2, 0.25) is 0 Å². The van der Waals surface area contributed by atoms with Gasteiger partial charge in [-0.05, 0) is 18.9 Å². The Morgan fingerprint density at radius 3 is 2.24 bits per heavy atom. The predicted octanol–water partition coefficient (Wildman–Crippen LogP) is 3.33. The number of nitrogens with zero attached hydrogens (tertiary/aromatic N) is 4. The van der Waals surface area contributed by atoms with E-state index in [-0.39, 0.29) is 5.82 Å². The summed E-state index contributed by atoms with van der Waals surface area (Å²) in [5.41, 5.74) is -1.88. The highest BCUT2D eigenvalue weighted by molar-refractivity contribution is 6.08. The summed E-state index contributed by atoms with van der Waals surface area (Å²) >= 11 is 0. The Hall–Kier alpha value is -3.36. The largest absolute Gasteiger partial charge is 0.476 e. The molecule has 0 aromatic carbocycles. The van der Waals surface area contributed by atoms with Gasteiger partial charge in [-0.15, -0.1) is 0 Å². The number of unbranched alkanes of at least 4 members (excludes halogenated alkanes) is 9. The number of aliphatic hydroxyl groups excluding tert-OH is 2. The summed E-state index contributed by atoms with van der Waals surface area (Å²) in [6.45, 7) is 1.30. The lowest BCUT2D eigenvalue weighted by atomic mass is 10.1. The summed E-state index contributed by atoms with van der Waals surface area (Å²) in [4.78, 5) is 48.6. The third-order valence-corrected chi connectivity index (χ3v) is 6.91. The third kappa shape index (κ3) is 8.33. The van der Waals surface area contributed by atoms with Crippen molar-refractivity contribution in [2.75, 3.05) is 11.9 Å². The first-order valence-electron chi connectivity index (χ1n) is 13.9. The molecule has 3 rings (SSSR count). The summed E-state index contributed by atoms with van der Waals surface area (Å²) in [5.74, 6) is -6.73. The number of alkyl halides is 2. The first-order valence-corrected chi connectivity index (χ1v) is 13.9. The average molecular weight is 582 g/mol. The molecule has 1 saturated heterocycles. The van der Waals surface area contributed by atoms with Gasteiger partial charge in [0.05, 0.1) is 12.3 Å². The summed E-state index contributed by atoms with van der Waals surface area (Å²) in [6, 6.07) is 1.03. The summed E-state index contributed by atoms with van der Waals surface area (Å²) in [5, 5.41) is 30.5. The van der Waals surface area contributed by atoms with Crippen LogP contribution in [0.5, 0.6) is 0 Å². The third-order valence-electron chi connectivity index (χ3n) is 6.91. The number of nitrogens with one attached hydrogen (secondary N) is 1. The fourth-order valence-electron chi connectivity index (χ4n) is 4.61. The summed E-state index contributed by atoms with van der Waals surface area (Å²) < 4.78 is 34.1. The smallest absolute Gasteiger partial charge is 0.356 e. The molecule has 0 spiro atoms. The van der Waals surface area contributed by atoms with Gasteiger partial charge in [-0.25, -0.2) is 19.6 Å². The second-order valence-corrected chi connectivity index (χ2v) is 10.1. The number of aromatic nitrogens is 4. The molecule has 41 heavy (non-hydrogen) atoms. The highest BCUT2D eigenvalue weighted by atomic mass is 19.3. The molecule has 1 amide bonds. The standard InChI is InChI=1S/C27H37F2N5O7/c1-2-3-4-5-6-7-8-9-10-11-12-17-15-30-21(24(38)39)20(31-17)23(37)32-19-13-14-34(26(40)33-19)25-27(28,29)22(36)18(16-35)41-25/h13-15,18,22,25,35-36H,2-12,16H2,1H3,(H,38,39)(H,32,33,37,40)/t18-,22-,25-/m1/s1. The fourth-order valence-corrected chi connectivity index (χ4v) is 4.61. The molecule has 0 saturated carbocycles. The second kappa shape index (κ2) is 15.0. The molecule has 0 bridgehead atoms. The number of aliphatic hydroxyl groups is 2. The number of aromatic carboxylic acids is 1. The zero-order chi connectivity index (χ0) is 30.0. The van der Waals surface area contributed by atoms with Gasteiger partial charge < -0.3 is 25.4 Å². The van der Waals surface area contributed by atoms with Crippen molar-refractivity contribution < 1.29 is 38.4 Å². The number of hydrogen-bond donors (Lipinski definition) is 4. The normalized spacial score (nSPS) is 19.8. The number of carbonyl (C=O) groups is 2. The van der Waals surface area contributed by atoms with E-state index in [1.165, 1.54) is 44.7 Å². The minimum absolute atomic E-state index is 0.352. The molecule has 1 aliphatic heterocycles. The van der Waals surface area contributed by atoms with E-state index in [4.69, 9.17) is 9.84 Å². The Bertz CT molecular complexity index is 1240. The lowest BCUT2D eigenvalue weighted by molar-refractivity contribution is -0.140. The molecule has 1 fully saturated rings. The number of ether oxygens (including phenoxy) is 1. The van der Waals surface area contributed by atoms with Crippen LogP contribution in [0, 0.1) is 0 Å². The number of aryl methyl sites for hydroxylation is 1. The molecule has 0 aliphatic carbocycles. The van der Waals surface area contributed by atoms with Crippen molar-refractivity contribution in [2.45, 2.75) is 102 Å². The van der Waals surface area contributed by atoms with E-state index in [0.29, 0.717) is 16.7 Å². The number of amides is 1. The maximum absolute atomic E-state index is 14.4. The molecule has 3 atom stereocenters. The number of anilines is 1. The maximum atomic E-state index is 14.4. The first-order chi connectivity index (χ1) is 19.6. The van der Waals surface area contributed by atoms with E-state index in [9.17, 15) is 33.4 Å². The van der Waals surface area contributed by atoms with Crippen molar-refractivity contribution >= 4 is 17.7 Å². The summed E-state index contributed by atoms with van der Waals surface area (Å²) in [7, 11) is 0. The minimum atomic E-state index is -3.90. The lowest BCUT2D eigenvalue weighted by Crippen LogP contribution is -2.41. The number of halogens is 2. The zero-order valence-electron chi connectivity index (χ0n) is 23.0. The van der Waals surface area contributed by atoms with Gasteiger partial charge in [-0.1, -0.05) is 64.7 Å². The van der Waals surface area contributed by atoms with Gasteiger partial charge in [0.15, 0.2) is 17.5 Å². The Kier molecular flexibility index (Phi) is 11.8. The Morgan fingerprint density at radius 2 is 1.68 bits per heavy atom. The number of carboxylic acids is 1. The topological polar surface area (TPSA) is 177 Å². The monoisotopic (exact) mass is 581 g/mol. The van der Waals surface area contributed by atoms with Crippen LogP contribution in [0.1, 0.15) is 104 Å². The average Bonchev–Trinajstić information content (AvgIpc) is 3.17. The number of carbonyl (C=O) groups excluding carboxylic acids is 1. The molecule has 4 N–H and O–H groups in total. The zero-order valence-corrected chi connectivity index (χ0v) is 23.0. The molecule has 2 aromatic rings. The van der Waals surface area contributed by atoms with E-state index in [0.717, 1.165) is 37.9 Å². The maximum Gasteiger partial charge on any atom is 0.356 e. The van der Waals surface area contributed by atoms with Crippen molar-refractivity contribution in [3.8, 4) is 0 Å². The van der Waals surface area contributed by atoms with Crippen LogP contribution in [-0.2, 0) is 11.2 Å². The molecule has 0 unspecified atom stereocenters. The van der Waals surface area contributed by atoms with Gasteiger partial charge in [-0.2, -0.15) is 13.8 Å². The molecule has 12 nitrogen and oxygen atoms in total. The number of carboxylic acid groups (broad SMARTS) is 1. The van der Waals surface area contributed by atoms with Gasteiger partial charge >= 0.3 is 17.6 Å². The summed E-state index contributed by atoms with van der Waals surface area (Å²) in [6.07, 6.45) is 7.92.